The average molecular weight is 377 g/mol. The van der Waals surface area contributed by atoms with Crippen molar-refractivity contribution in [2.45, 2.75) is 19.5 Å². The summed E-state index contributed by atoms with van der Waals surface area (Å²) in [5.74, 6) is -1.14. The highest BCUT2D eigenvalue weighted by Crippen LogP contribution is 2.25. The van der Waals surface area contributed by atoms with Crippen LogP contribution in [0.4, 0.5) is 10.1 Å². The van der Waals surface area contributed by atoms with Crippen LogP contribution in [0.25, 0.3) is 0 Å². The van der Waals surface area contributed by atoms with E-state index >= 15 is 0 Å². The van der Waals surface area contributed by atoms with E-state index in [1.807, 2.05) is 12.1 Å². The molecule has 0 bridgehead atoms. The largest absolute Gasteiger partial charge is 0.323 e. The maximum atomic E-state index is 13.8. The van der Waals surface area contributed by atoms with Crippen molar-refractivity contribution in [3.05, 3.63) is 63.9 Å². The van der Waals surface area contributed by atoms with Crippen molar-refractivity contribution >= 4 is 33.4 Å². The second kappa shape index (κ2) is 6.12. The highest BCUT2D eigenvalue weighted by molar-refractivity contribution is 9.10. The summed E-state index contributed by atoms with van der Waals surface area (Å²) in [5.41, 5.74) is 1.60. The van der Waals surface area contributed by atoms with E-state index in [4.69, 9.17) is 0 Å². The van der Waals surface area contributed by atoms with Gasteiger partial charge in [-0.05, 0) is 36.8 Å². The third kappa shape index (κ3) is 2.99. The van der Waals surface area contributed by atoms with Gasteiger partial charge in [-0.1, -0.05) is 34.1 Å². The fourth-order valence-corrected chi connectivity index (χ4v) is 2.89. The normalized spacial score (nSPS) is 14.6. The summed E-state index contributed by atoms with van der Waals surface area (Å²) in [4.78, 5) is 26.2. The van der Waals surface area contributed by atoms with E-state index in [1.165, 1.54) is 17.0 Å². The highest BCUT2D eigenvalue weighted by Gasteiger charge is 2.33. The lowest BCUT2D eigenvalue weighted by Gasteiger charge is -2.23. The van der Waals surface area contributed by atoms with Crippen molar-refractivity contribution in [2.24, 2.45) is 0 Å². The summed E-state index contributed by atoms with van der Waals surface area (Å²) >= 11 is 3.16. The molecule has 1 aliphatic heterocycles. The van der Waals surface area contributed by atoms with E-state index in [2.05, 4.69) is 21.2 Å². The molecule has 1 heterocycles. The van der Waals surface area contributed by atoms with Crippen molar-refractivity contribution in [3.8, 4) is 0 Å². The minimum absolute atomic E-state index is 0.0919. The zero-order valence-electron chi connectivity index (χ0n) is 12.3. The quantitative estimate of drug-likeness (QED) is 0.889. The summed E-state index contributed by atoms with van der Waals surface area (Å²) in [6.45, 7) is 2.02. The minimum atomic E-state index is -0.696. The minimum Gasteiger partial charge on any atom is -0.323 e. The van der Waals surface area contributed by atoms with E-state index in [1.54, 1.807) is 25.1 Å². The first-order valence-electron chi connectivity index (χ1n) is 7.12. The van der Waals surface area contributed by atoms with Gasteiger partial charge in [0.2, 0.25) is 5.91 Å². The number of nitrogens with one attached hydrogen (secondary N) is 1. The average Bonchev–Trinajstić information content (AvgIpc) is 2.87. The zero-order chi connectivity index (χ0) is 16.6. The lowest BCUT2D eigenvalue weighted by molar-refractivity contribution is -0.120. The fraction of sp³-hybridized carbons (Fsp3) is 0.176. The molecular weight excluding hydrogens is 363 g/mol. The molecule has 1 aliphatic rings. The molecule has 0 saturated heterocycles. The number of nitrogens with zero attached hydrogens (tertiary/aromatic N) is 1. The standard InChI is InChI=1S/C17H14BrFN2O2/c1-10(16(22)20-15-7-6-12(18)8-14(15)19)21-9-11-4-2-3-5-13(11)17(21)23/h2-8,10H,9H2,1H3,(H,20,22). The topological polar surface area (TPSA) is 49.4 Å². The summed E-state index contributed by atoms with van der Waals surface area (Å²) < 4.78 is 14.4. The monoisotopic (exact) mass is 376 g/mol. The van der Waals surface area contributed by atoms with Crippen LogP contribution >= 0.6 is 15.9 Å². The van der Waals surface area contributed by atoms with Crippen LogP contribution < -0.4 is 5.32 Å². The molecular formula is C17H14BrFN2O2. The van der Waals surface area contributed by atoms with Crippen molar-refractivity contribution in [3.63, 3.8) is 0 Å². The van der Waals surface area contributed by atoms with E-state index in [0.29, 0.717) is 16.6 Å². The molecule has 0 spiro atoms. The molecule has 2 aromatic carbocycles. The first-order chi connectivity index (χ1) is 11.0. The van der Waals surface area contributed by atoms with Crippen LogP contribution in [0.15, 0.2) is 46.9 Å². The van der Waals surface area contributed by atoms with Crippen LogP contribution in [0, 0.1) is 5.82 Å². The van der Waals surface area contributed by atoms with Gasteiger partial charge in [0.25, 0.3) is 5.91 Å². The number of benzene rings is 2. The lowest BCUT2D eigenvalue weighted by Crippen LogP contribution is -2.42. The first kappa shape index (κ1) is 15.7. The third-order valence-corrected chi connectivity index (χ3v) is 4.38. The van der Waals surface area contributed by atoms with Crippen LogP contribution in [0.3, 0.4) is 0 Å². The summed E-state index contributed by atoms with van der Waals surface area (Å²) in [7, 11) is 0. The molecule has 1 atom stereocenters. The smallest absolute Gasteiger partial charge is 0.255 e. The number of carbonyl (C=O) groups excluding carboxylic acids is 2. The Hall–Kier alpha value is -2.21. The number of hydrogen-bond acceptors (Lipinski definition) is 2. The summed E-state index contributed by atoms with van der Waals surface area (Å²) in [5, 5.41) is 2.53. The number of halogens is 2. The summed E-state index contributed by atoms with van der Waals surface area (Å²) in [6, 6.07) is 11.0. The molecule has 0 radical (unpaired) electrons. The fourth-order valence-electron chi connectivity index (χ4n) is 2.56. The molecule has 23 heavy (non-hydrogen) atoms. The first-order valence-corrected chi connectivity index (χ1v) is 7.91. The van der Waals surface area contributed by atoms with Crippen molar-refractivity contribution in [2.75, 3.05) is 5.32 Å². The Labute approximate surface area is 141 Å². The number of fused-ring (bicyclic) bond motifs is 1. The van der Waals surface area contributed by atoms with Gasteiger partial charge in [-0.2, -0.15) is 0 Å². The molecule has 2 aromatic rings. The van der Waals surface area contributed by atoms with Gasteiger partial charge in [-0.3, -0.25) is 9.59 Å². The molecule has 4 nitrogen and oxygen atoms in total. The predicted molar refractivity (Wildman–Crippen MR) is 88.5 cm³/mol. The van der Waals surface area contributed by atoms with E-state index in [0.717, 1.165) is 5.56 Å². The Morgan fingerprint density at radius 3 is 2.74 bits per heavy atom. The van der Waals surface area contributed by atoms with Crippen LogP contribution in [0.2, 0.25) is 0 Å². The molecule has 0 aliphatic carbocycles. The Kier molecular flexibility index (Phi) is 4.17. The predicted octanol–water partition coefficient (Wildman–Crippen LogP) is 3.57. The molecule has 0 aromatic heterocycles. The molecule has 6 heteroatoms. The number of carbonyl (C=O) groups is 2. The molecule has 1 unspecified atom stereocenters. The number of amides is 2. The van der Waals surface area contributed by atoms with Crippen molar-refractivity contribution < 1.29 is 14.0 Å². The van der Waals surface area contributed by atoms with Gasteiger partial charge < -0.3 is 10.2 Å². The van der Waals surface area contributed by atoms with E-state index < -0.39 is 17.8 Å². The van der Waals surface area contributed by atoms with Crippen molar-refractivity contribution in [1.29, 1.82) is 0 Å². The Balaban J connectivity index is 1.75. The number of anilines is 1. The Morgan fingerprint density at radius 1 is 1.30 bits per heavy atom. The second-order valence-corrected chi connectivity index (χ2v) is 6.30. The van der Waals surface area contributed by atoms with Gasteiger partial charge in [-0.15, -0.1) is 0 Å². The van der Waals surface area contributed by atoms with Gasteiger partial charge in [0, 0.05) is 16.6 Å². The van der Waals surface area contributed by atoms with Gasteiger partial charge in [0.1, 0.15) is 11.9 Å². The Morgan fingerprint density at radius 2 is 2.04 bits per heavy atom. The highest BCUT2D eigenvalue weighted by atomic mass is 79.9. The number of hydrogen-bond donors (Lipinski definition) is 1. The van der Waals surface area contributed by atoms with E-state index in [-0.39, 0.29) is 11.6 Å². The van der Waals surface area contributed by atoms with Crippen molar-refractivity contribution in [1.82, 2.24) is 4.90 Å². The molecule has 2 amide bonds. The SMILES string of the molecule is CC(C(=O)Nc1ccc(Br)cc1F)N1Cc2ccccc2C1=O. The van der Waals surface area contributed by atoms with E-state index in [9.17, 15) is 14.0 Å². The maximum absolute atomic E-state index is 13.8. The summed E-state index contributed by atoms with van der Waals surface area (Å²) in [6.07, 6.45) is 0. The molecule has 118 valence electrons. The van der Waals surface area contributed by atoms with Crippen LogP contribution in [0.1, 0.15) is 22.8 Å². The molecule has 0 fully saturated rings. The van der Waals surface area contributed by atoms with Gasteiger partial charge >= 0.3 is 0 Å². The second-order valence-electron chi connectivity index (χ2n) is 5.38. The number of rotatable bonds is 3. The van der Waals surface area contributed by atoms with Crippen LogP contribution in [0.5, 0.6) is 0 Å². The third-order valence-electron chi connectivity index (χ3n) is 3.89. The molecule has 0 saturated carbocycles. The van der Waals surface area contributed by atoms with Gasteiger partial charge in [0.05, 0.1) is 5.69 Å². The maximum Gasteiger partial charge on any atom is 0.255 e. The lowest BCUT2D eigenvalue weighted by atomic mass is 10.1. The van der Waals surface area contributed by atoms with Gasteiger partial charge in [0.15, 0.2) is 0 Å². The van der Waals surface area contributed by atoms with Gasteiger partial charge in [-0.25, -0.2) is 4.39 Å². The van der Waals surface area contributed by atoms with Crippen LogP contribution in [-0.4, -0.2) is 22.8 Å². The Bertz CT molecular complexity index is 794. The zero-order valence-corrected chi connectivity index (χ0v) is 13.9. The molecule has 3 rings (SSSR count). The van der Waals surface area contributed by atoms with Crippen LogP contribution in [-0.2, 0) is 11.3 Å². The molecule has 1 N–H and O–H groups in total.